The van der Waals surface area contributed by atoms with Crippen LogP contribution in [0.25, 0.3) is 16.5 Å². The molecule has 0 bridgehead atoms. The quantitative estimate of drug-likeness (QED) is 0.719. The monoisotopic (exact) mass is 379 g/mol. The molecule has 0 amide bonds. The van der Waals surface area contributed by atoms with Crippen LogP contribution in [0.2, 0.25) is 5.02 Å². The normalized spacial score (nSPS) is 15.1. The lowest BCUT2D eigenvalue weighted by atomic mass is 9.99. The number of rotatable bonds is 5. The van der Waals surface area contributed by atoms with Gasteiger partial charge in [0.15, 0.2) is 0 Å². The van der Waals surface area contributed by atoms with Crippen molar-refractivity contribution in [3.05, 3.63) is 81.4 Å². The van der Waals surface area contributed by atoms with E-state index in [1.807, 2.05) is 0 Å². The van der Waals surface area contributed by atoms with Gasteiger partial charge in [-0.25, -0.2) is 4.98 Å². The predicted octanol–water partition coefficient (Wildman–Crippen LogP) is 4.30. The second-order valence-electron chi connectivity index (χ2n) is 6.92. The van der Waals surface area contributed by atoms with Crippen LogP contribution in [-0.2, 0) is 6.42 Å². The van der Waals surface area contributed by atoms with Crippen LogP contribution in [-0.4, -0.2) is 34.5 Å². The molecular formula is C22H22ClN3O. The molecule has 0 saturated heterocycles. The summed E-state index contributed by atoms with van der Waals surface area (Å²) < 4.78 is 0. The van der Waals surface area contributed by atoms with Gasteiger partial charge >= 0.3 is 0 Å². The summed E-state index contributed by atoms with van der Waals surface area (Å²) in [7, 11) is 0. The third-order valence-corrected chi connectivity index (χ3v) is 5.28. The zero-order valence-corrected chi connectivity index (χ0v) is 15.9. The molecule has 1 aliphatic rings. The van der Waals surface area contributed by atoms with E-state index in [4.69, 9.17) is 11.6 Å². The van der Waals surface area contributed by atoms with Crippen LogP contribution in [0, 0.1) is 0 Å². The average molecular weight is 380 g/mol. The van der Waals surface area contributed by atoms with E-state index in [2.05, 4.69) is 51.3 Å². The highest BCUT2D eigenvalue weighted by Crippen LogP contribution is 2.22. The van der Waals surface area contributed by atoms with Gasteiger partial charge in [0.25, 0.3) is 5.56 Å². The van der Waals surface area contributed by atoms with Crippen molar-refractivity contribution >= 4 is 28.1 Å². The topological polar surface area (TPSA) is 49.0 Å². The molecule has 1 N–H and O–H groups in total. The maximum absolute atomic E-state index is 12.2. The van der Waals surface area contributed by atoms with Crippen LogP contribution in [0.3, 0.4) is 0 Å². The van der Waals surface area contributed by atoms with Crippen LogP contribution in [0.1, 0.15) is 24.2 Å². The van der Waals surface area contributed by atoms with E-state index in [9.17, 15) is 4.79 Å². The summed E-state index contributed by atoms with van der Waals surface area (Å²) in [5, 5.41) is 1.09. The van der Waals surface area contributed by atoms with Gasteiger partial charge in [-0.05, 0) is 48.7 Å². The van der Waals surface area contributed by atoms with Crippen molar-refractivity contribution in [3.63, 3.8) is 0 Å². The summed E-state index contributed by atoms with van der Waals surface area (Å²) in [4.78, 5) is 22.1. The van der Waals surface area contributed by atoms with Gasteiger partial charge in [0.1, 0.15) is 5.82 Å². The van der Waals surface area contributed by atoms with E-state index < -0.39 is 0 Å². The molecule has 0 spiro atoms. The van der Waals surface area contributed by atoms with Gasteiger partial charge in [-0.1, -0.05) is 48.0 Å². The first-order valence-electron chi connectivity index (χ1n) is 9.34. The van der Waals surface area contributed by atoms with Gasteiger partial charge in [-0.15, -0.1) is 0 Å². The highest BCUT2D eigenvalue weighted by molar-refractivity contribution is 6.31. The number of aryl methyl sites for hydroxylation is 1. The largest absolute Gasteiger partial charge is 0.310 e. The van der Waals surface area contributed by atoms with Crippen molar-refractivity contribution in [2.24, 2.45) is 0 Å². The highest BCUT2D eigenvalue weighted by Gasteiger charge is 2.13. The van der Waals surface area contributed by atoms with E-state index in [1.54, 1.807) is 18.2 Å². The van der Waals surface area contributed by atoms with Gasteiger partial charge in [0, 0.05) is 24.5 Å². The molecule has 4 nitrogen and oxygen atoms in total. The van der Waals surface area contributed by atoms with Crippen LogP contribution in [0.4, 0.5) is 0 Å². The Hall–Kier alpha value is -2.43. The van der Waals surface area contributed by atoms with E-state index >= 15 is 0 Å². The van der Waals surface area contributed by atoms with Crippen LogP contribution in [0.5, 0.6) is 0 Å². The van der Waals surface area contributed by atoms with Gasteiger partial charge in [-0.3, -0.25) is 9.69 Å². The minimum Gasteiger partial charge on any atom is -0.310 e. The highest BCUT2D eigenvalue weighted by atomic mass is 35.5. The number of nitrogens with one attached hydrogen (secondary N) is 1. The molecule has 3 aromatic rings. The number of halogens is 1. The van der Waals surface area contributed by atoms with E-state index in [0.29, 0.717) is 15.9 Å². The summed E-state index contributed by atoms with van der Waals surface area (Å²) in [6, 6.07) is 15.8. The zero-order chi connectivity index (χ0) is 18.6. The summed E-state index contributed by atoms with van der Waals surface area (Å²) in [6.07, 6.45) is 5.14. The van der Waals surface area contributed by atoms with Crippen molar-refractivity contribution in [1.82, 2.24) is 14.9 Å². The van der Waals surface area contributed by atoms with Crippen LogP contribution in [0.15, 0.2) is 59.4 Å². The number of aromatic amines is 1. The van der Waals surface area contributed by atoms with E-state index in [1.165, 1.54) is 11.1 Å². The van der Waals surface area contributed by atoms with E-state index in [-0.39, 0.29) is 5.56 Å². The number of hydrogen-bond donors (Lipinski definition) is 1. The first-order valence-corrected chi connectivity index (χ1v) is 9.72. The first kappa shape index (κ1) is 18.0. The van der Waals surface area contributed by atoms with Gasteiger partial charge < -0.3 is 4.98 Å². The van der Waals surface area contributed by atoms with Crippen molar-refractivity contribution in [1.29, 1.82) is 0 Å². The third kappa shape index (κ3) is 4.29. The maximum atomic E-state index is 12.2. The Kier molecular flexibility index (Phi) is 5.37. The lowest BCUT2D eigenvalue weighted by Gasteiger charge is -2.26. The summed E-state index contributed by atoms with van der Waals surface area (Å²) in [5.74, 6) is 0.743. The Morgan fingerprint density at radius 1 is 1.15 bits per heavy atom. The molecule has 4 rings (SSSR count). The number of nitrogens with zero attached hydrogens (tertiary/aromatic N) is 2. The van der Waals surface area contributed by atoms with Crippen LogP contribution >= 0.6 is 11.6 Å². The number of H-pyrrole nitrogens is 1. The third-order valence-electron chi connectivity index (χ3n) is 5.04. The minimum absolute atomic E-state index is 0.120. The summed E-state index contributed by atoms with van der Waals surface area (Å²) in [5.41, 5.74) is 3.35. The molecule has 0 unspecified atom stereocenters. The fraction of sp³-hybridized carbons (Fsp3) is 0.273. The standard InChI is InChI=1S/C22H22ClN3O/c23-18-8-9-20-19(15-18)22(27)25-21(24-20)7-4-12-26-13-10-17(11-14-26)16-5-2-1-3-6-16/h1-3,5-6,8-10,15H,4,7,11-14H2,(H,24,25,27). The molecule has 2 aromatic carbocycles. The molecule has 0 radical (unpaired) electrons. The lowest BCUT2D eigenvalue weighted by Crippen LogP contribution is -2.30. The summed E-state index contributed by atoms with van der Waals surface area (Å²) >= 11 is 5.96. The predicted molar refractivity (Wildman–Crippen MR) is 111 cm³/mol. The van der Waals surface area contributed by atoms with Crippen molar-refractivity contribution in [2.45, 2.75) is 19.3 Å². The second kappa shape index (κ2) is 8.07. The Bertz CT molecular complexity index is 1030. The Balaban J connectivity index is 1.34. The SMILES string of the molecule is O=c1[nH]c(CCCN2CC=C(c3ccccc3)CC2)nc2ccc(Cl)cc12. The molecule has 0 atom stereocenters. The minimum atomic E-state index is -0.120. The smallest absolute Gasteiger partial charge is 0.258 e. The van der Waals surface area contributed by atoms with Crippen molar-refractivity contribution < 1.29 is 0 Å². The zero-order valence-electron chi connectivity index (χ0n) is 15.1. The van der Waals surface area contributed by atoms with E-state index in [0.717, 1.165) is 44.7 Å². The van der Waals surface area contributed by atoms with Gasteiger partial charge in [0.05, 0.1) is 10.9 Å². The molecule has 0 fully saturated rings. The molecular weight excluding hydrogens is 358 g/mol. The van der Waals surface area contributed by atoms with Gasteiger partial charge in [-0.2, -0.15) is 0 Å². The lowest BCUT2D eigenvalue weighted by molar-refractivity contribution is 0.297. The molecule has 0 aliphatic carbocycles. The maximum Gasteiger partial charge on any atom is 0.258 e. The fourth-order valence-corrected chi connectivity index (χ4v) is 3.75. The molecule has 0 saturated carbocycles. The Labute approximate surface area is 163 Å². The molecule has 2 heterocycles. The molecule has 5 heteroatoms. The van der Waals surface area contributed by atoms with Crippen molar-refractivity contribution in [3.8, 4) is 0 Å². The molecule has 27 heavy (non-hydrogen) atoms. The first-order chi connectivity index (χ1) is 13.2. The number of fused-ring (bicyclic) bond motifs is 1. The second-order valence-corrected chi connectivity index (χ2v) is 7.36. The molecule has 1 aliphatic heterocycles. The number of aromatic nitrogens is 2. The summed E-state index contributed by atoms with van der Waals surface area (Å²) in [6.45, 7) is 3.05. The van der Waals surface area contributed by atoms with Gasteiger partial charge in [0.2, 0.25) is 0 Å². The molecule has 138 valence electrons. The average Bonchev–Trinajstić information content (AvgIpc) is 2.70. The number of benzene rings is 2. The van der Waals surface area contributed by atoms with Crippen LogP contribution < -0.4 is 5.56 Å². The molecule has 1 aromatic heterocycles. The number of hydrogen-bond acceptors (Lipinski definition) is 3. The Morgan fingerprint density at radius 3 is 2.78 bits per heavy atom. The van der Waals surface area contributed by atoms with Crippen molar-refractivity contribution in [2.75, 3.05) is 19.6 Å². The fourth-order valence-electron chi connectivity index (χ4n) is 3.58. The Morgan fingerprint density at radius 2 is 2.00 bits per heavy atom.